The fraction of sp³-hybridized carbons (Fsp3) is 0.818. The molecule has 1 atom stereocenters. The lowest BCUT2D eigenvalue weighted by Gasteiger charge is -2.32. The molecule has 0 fully saturated rings. The van der Waals surface area contributed by atoms with Gasteiger partial charge in [-0.3, -0.25) is 9.46 Å². The molecule has 0 aliphatic heterocycles. The number of carboxylic acid groups (broad SMARTS) is 1. The third kappa shape index (κ3) is 4.77. The summed E-state index contributed by atoms with van der Waals surface area (Å²) in [5.74, 6) is -3.26. The van der Waals surface area contributed by atoms with E-state index in [1.807, 2.05) is 0 Å². The van der Waals surface area contributed by atoms with Crippen LogP contribution in [0.15, 0.2) is 0 Å². The fourth-order valence-electron chi connectivity index (χ4n) is 1.44. The minimum Gasteiger partial charge on any atom is -0.479 e. The number of aliphatic carboxylic acids is 1. The fourth-order valence-corrected chi connectivity index (χ4v) is 2.85. The average Bonchev–Trinajstić information content (AvgIpc) is 2.32. The Morgan fingerprint density at radius 2 is 1.70 bits per heavy atom. The normalized spacial score (nSPS) is 13.7. The number of rotatable bonds is 6. The van der Waals surface area contributed by atoms with Gasteiger partial charge in [0.25, 0.3) is 0 Å². The van der Waals surface area contributed by atoms with Gasteiger partial charge in [0, 0.05) is 20.8 Å². The van der Waals surface area contributed by atoms with Crippen LogP contribution in [-0.4, -0.2) is 54.2 Å². The first kappa shape index (κ1) is 18.9. The van der Waals surface area contributed by atoms with Crippen molar-refractivity contribution in [1.29, 1.82) is 0 Å². The van der Waals surface area contributed by atoms with Gasteiger partial charge in [-0.25, -0.2) is 9.59 Å². The second-order valence-corrected chi connectivity index (χ2v) is 7.18. The van der Waals surface area contributed by atoms with Crippen LogP contribution in [0, 0.1) is 0 Å². The van der Waals surface area contributed by atoms with Gasteiger partial charge in [0.2, 0.25) is 5.78 Å². The molecule has 0 aliphatic rings. The molecular formula is C11H22NO7P. The summed E-state index contributed by atoms with van der Waals surface area (Å²) in [5, 5.41) is 9.24. The summed E-state index contributed by atoms with van der Waals surface area (Å²) in [6, 6.07) is 0. The quantitative estimate of drug-likeness (QED) is 0.749. The Morgan fingerprint density at radius 1 is 1.25 bits per heavy atom. The van der Waals surface area contributed by atoms with Gasteiger partial charge in [0.1, 0.15) is 5.60 Å². The number of ether oxygens (including phenoxy) is 1. The molecule has 9 heteroatoms. The highest BCUT2D eigenvalue weighted by Crippen LogP contribution is 2.53. The summed E-state index contributed by atoms with van der Waals surface area (Å²) in [6.45, 7) is 6.43. The van der Waals surface area contributed by atoms with Crippen LogP contribution in [-0.2, 0) is 23.1 Å². The van der Waals surface area contributed by atoms with Crippen LogP contribution < -0.4 is 0 Å². The lowest BCUT2D eigenvalue weighted by molar-refractivity contribution is -0.140. The van der Waals surface area contributed by atoms with Crippen molar-refractivity contribution in [2.75, 3.05) is 20.8 Å². The van der Waals surface area contributed by atoms with Gasteiger partial charge in [-0.1, -0.05) is 0 Å². The second-order valence-electron chi connectivity index (χ2n) is 4.88. The third-order valence-electron chi connectivity index (χ3n) is 2.29. The largest absolute Gasteiger partial charge is 0.479 e. The lowest BCUT2D eigenvalue weighted by atomic mass is 10.2. The molecule has 0 aromatic rings. The monoisotopic (exact) mass is 311 g/mol. The first-order chi connectivity index (χ1) is 9.02. The summed E-state index contributed by atoms with van der Waals surface area (Å²) >= 11 is 0. The number of hydrogen-bond donors (Lipinski definition) is 1. The standard InChI is InChI=1S/C11H22NO7P/c1-7-12(10(15)19-11(2,3)4)8(9(13)14)20(16,17-5)18-6/h8H,7H2,1-6H3,(H,13,14)/t8-/m1/s1. The molecule has 20 heavy (non-hydrogen) atoms. The maximum absolute atomic E-state index is 12.3. The van der Waals surface area contributed by atoms with Crippen molar-refractivity contribution in [3.8, 4) is 0 Å². The molecule has 0 saturated heterocycles. The maximum atomic E-state index is 12.3. The molecule has 0 aromatic carbocycles. The molecule has 0 aliphatic carbocycles. The number of carboxylic acids is 1. The van der Waals surface area contributed by atoms with Crippen molar-refractivity contribution in [2.24, 2.45) is 0 Å². The smallest absolute Gasteiger partial charge is 0.411 e. The van der Waals surface area contributed by atoms with Gasteiger partial charge >= 0.3 is 19.7 Å². The highest BCUT2D eigenvalue weighted by molar-refractivity contribution is 7.55. The predicted octanol–water partition coefficient (Wildman–Crippen LogP) is 2.14. The molecule has 8 nitrogen and oxygen atoms in total. The number of amides is 1. The molecular weight excluding hydrogens is 289 g/mol. The van der Waals surface area contributed by atoms with Crippen LogP contribution in [0.4, 0.5) is 4.79 Å². The molecule has 1 amide bonds. The van der Waals surface area contributed by atoms with Gasteiger partial charge < -0.3 is 18.9 Å². The number of likely N-dealkylation sites (N-methyl/N-ethyl adjacent to an activating group) is 1. The highest BCUT2D eigenvalue weighted by Gasteiger charge is 2.47. The minimum absolute atomic E-state index is 0.0252. The van der Waals surface area contributed by atoms with Crippen molar-refractivity contribution >= 4 is 19.7 Å². The van der Waals surface area contributed by atoms with Crippen LogP contribution in [0.3, 0.4) is 0 Å². The summed E-state index contributed by atoms with van der Waals surface area (Å²) in [4.78, 5) is 24.2. The summed E-state index contributed by atoms with van der Waals surface area (Å²) in [5.41, 5.74) is -0.808. The molecule has 0 rings (SSSR count). The van der Waals surface area contributed by atoms with E-state index < -0.39 is 31.0 Å². The minimum atomic E-state index is -4.01. The Hall–Kier alpha value is -1.11. The number of carbonyl (C=O) groups is 2. The summed E-state index contributed by atoms with van der Waals surface area (Å²) in [7, 11) is -1.90. The average molecular weight is 311 g/mol. The van der Waals surface area contributed by atoms with Crippen molar-refractivity contribution in [3.63, 3.8) is 0 Å². The number of hydrogen-bond acceptors (Lipinski definition) is 6. The van der Waals surface area contributed by atoms with Gasteiger partial charge in [-0.2, -0.15) is 0 Å². The Kier molecular flexibility index (Phi) is 6.67. The van der Waals surface area contributed by atoms with Gasteiger partial charge in [-0.15, -0.1) is 0 Å². The zero-order valence-electron chi connectivity index (χ0n) is 12.6. The third-order valence-corrected chi connectivity index (χ3v) is 4.41. The van der Waals surface area contributed by atoms with Crippen LogP contribution in [0.25, 0.3) is 0 Å². The van der Waals surface area contributed by atoms with Crippen LogP contribution in [0.1, 0.15) is 27.7 Å². The molecule has 0 unspecified atom stereocenters. The van der Waals surface area contributed by atoms with E-state index in [4.69, 9.17) is 4.74 Å². The van der Waals surface area contributed by atoms with Crippen molar-refractivity contribution in [2.45, 2.75) is 39.1 Å². The molecule has 0 spiro atoms. The summed E-state index contributed by atoms with van der Waals surface area (Å²) in [6.07, 6.45) is -0.901. The molecule has 0 radical (unpaired) electrons. The van der Waals surface area contributed by atoms with E-state index in [2.05, 4.69) is 9.05 Å². The molecule has 118 valence electrons. The highest BCUT2D eigenvalue weighted by atomic mass is 31.2. The maximum Gasteiger partial charge on any atom is 0.411 e. The lowest BCUT2D eigenvalue weighted by Crippen LogP contribution is -2.47. The van der Waals surface area contributed by atoms with Gasteiger partial charge in [0.15, 0.2) is 0 Å². The van der Waals surface area contributed by atoms with Crippen molar-refractivity contribution in [1.82, 2.24) is 4.90 Å². The molecule has 0 heterocycles. The Labute approximate surface area is 118 Å². The van der Waals surface area contributed by atoms with E-state index in [0.717, 1.165) is 19.1 Å². The van der Waals surface area contributed by atoms with Crippen LogP contribution >= 0.6 is 7.60 Å². The van der Waals surface area contributed by atoms with Gasteiger partial charge in [-0.05, 0) is 27.7 Å². The Bertz CT molecular complexity index is 396. The van der Waals surface area contributed by atoms with Gasteiger partial charge in [0.05, 0.1) is 0 Å². The SMILES string of the molecule is CCN(C(=O)OC(C)(C)C)[C@@H](C(=O)O)P(=O)(OC)OC. The molecule has 0 bridgehead atoms. The van der Waals surface area contributed by atoms with Crippen LogP contribution in [0.2, 0.25) is 0 Å². The van der Waals surface area contributed by atoms with E-state index in [1.54, 1.807) is 20.8 Å². The molecule has 0 saturated carbocycles. The zero-order chi connectivity index (χ0) is 16.1. The number of carbonyl (C=O) groups excluding carboxylic acids is 1. The first-order valence-electron chi connectivity index (χ1n) is 5.96. The van der Waals surface area contributed by atoms with E-state index in [1.165, 1.54) is 6.92 Å². The van der Waals surface area contributed by atoms with Crippen molar-refractivity contribution in [3.05, 3.63) is 0 Å². The van der Waals surface area contributed by atoms with Crippen molar-refractivity contribution < 1.29 is 33.0 Å². The molecule has 0 aromatic heterocycles. The predicted molar refractivity (Wildman–Crippen MR) is 71.7 cm³/mol. The zero-order valence-corrected chi connectivity index (χ0v) is 13.5. The van der Waals surface area contributed by atoms with Crippen LogP contribution in [0.5, 0.6) is 0 Å². The number of nitrogens with zero attached hydrogens (tertiary/aromatic N) is 1. The van der Waals surface area contributed by atoms with E-state index in [-0.39, 0.29) is 6.54 Å². The first-order valence-corrected chi connectivity index (χ1v) is 7.57. The van der Waals surface area contributed by atoms with E-state index in [0.29, 0.717) is 0 Å². The summed E-state index contributed by atoms with van der Waals surface area (Å²) < 4.78 is 26.7. The van der Waals surface area contributed by atoms with E-state index in [9.17, 15) is 19.3 Å². The Balaban J connectivity index is 5.49. The topological polar surface area (TPSA) is 102 Å². The second kappa shape index (κ2) is 7.06. The van der Waals surface area contributed by atoms with E-state index >= 15 is 0 Å². The Morgan fingerprint density at radius 3 is 1.95 bits per heavy atom. The molecule has 1 N–H and O–H groups in total.